The Labute approximate surface area is 162 Å². The first-order valence-electron chi connectivity index (χ1n) is 8.41. The minimum Gasteiger partial charge on any atom is -0.375 e. The van der Waals surface area contributed by atoms with E-state index in [2.05, 4.69) is 10.6 Å². The van der Waals surface area contributed by atoms with E-state index in [9.17, 15) is 9.59 Å². The Balaban J connectivity index is 1.53. The molecule has 0 spiro atoms. The van der Waals surface area contributed by atoms with Gasteiger partial charge in [-0.3, -0.25) is 9.59 Å². The summed E-state index contributed by atoms with van der Waals surface area (Å²) in [5.74, 6) is -0.172. The smallest absolute Gasteiger partial charge is 0.253 e. The molecule has 1 aliphatic rings. The largest absolute Gasteiger partial charge is 0.375 e. The molecule has 1 heterocycles. The number of amides is 2. The highest BCUT2D eigenvalue weighted by Crippen LogP contribution is 2.25. The number of nitrogens with one attached hydrogen (secondary N) is 2. The standard InChI is InChI=1S/C19H19Cl2N3O2/c20-14-5-8-17(16(21)11-14)22-12-18(25)23-15-6-3-13(4-7-15)19(26)24-9-1-2-10-24/h3-8,11,22H,1-2,9-10,12H2,(H,23,25). The summed E-state index contributed by atoms with van der Waals surface area (Å²) in [5.41, 5.74) is 1.91. The van der Waals surface area contributed by atoms with Crippen LogP contribution in [0.4, 0.5) is 11.4 Å². The number of hydrogen-bond donors (Lipinski definition) is 2. The van der Waals surface area contributed by atoms with Gasteiger partial charge in [-0.2, -0.15) is 0 Å². The minimum absolute atomic E-state index is 0.0411. The Bertz CT molecular complexity index is 803. The predicted octanol–water partition coefficient (Wildman–Crippen LogP) is 4.28. The van der Waals surface area contributed by atoms with Crippen molar-refractivity contribution in [3.05, 3.63) is 58.1 Å². The third kappa shape index (κ3) is 4.68. The Morgan fingerprint density at radius 1 is 1.00 bits per heavy atom. The number of halogens is 2. The number of benzene rings is 2. The van der Waals surface area contributed by atoms with Crippen molar-refractivity contribution in [1.29, 1.82) is 0 Å². The predicted molar refractivity (Wildman–Crippen MR) is 105 cm³/mol. The number of hydrogen-bond acceptors (Lipinski definition) is 3. The topological polar surface area (TPSA) is 61.4 Å². The average Bonchev–Trinajstić information content (AvgIpc) is 3.16. The molecule has 2 aromatic rings. The molecule has 1 saturated heterocycles. The molecule has 3 rings (SSSR count). The molecular formula is C19H19Cl2N3O2. The van der Waals surface area contributed by atoms with Crippen LogP contribution in [0, 0.1) is 0 Å². The summed E-state index contributed by atoms with van der Waals surface area (Å²) >= 11 is 11.9. The molecule has 2 aromatic carbocycles. The highest BCUT2D eigenvalue weighted by molar-refractivity contribution is 6.36. The van der Waals surface area contributed by atoms with Crippen molar-refractivity contribution in [2.24, 2.45) is 0 Å². The maximum absolute atomic E-state index is 12.3. The first-order valence-corrected chi connectivity index (χ1v) is 9.16. The fourth-order valence-corrected chi connectivity index (χ4v) is 3.29. The summed E-state index contributed by atoms with van der Waals surface area (Å²) in [5, 5.41) is 6.74. The Morgan fingerprint density at radius 3 is 2.35 bits per heavy atom. The third-order valence-electron chi connectivity index (χ3n) is 4.18. The molecule has 7 heteroatoms. The second-order valence-corrected chi connectivity index (χ2v) is 6.95. The lowest BCUT2D eigenvalue weighted by molar-refractivity contribution is -0.114. The van der Waals surface area contributed by atoms with Crippen LogP contribution in [-0.2, 0) is 4.79 Å². The van der Waals surface area contributed by atoms with Crippen LogP contribution in [0.5, 0.6) is 0 Å². The fourth-order valence-electron chi connectivity index (χ4n) is 2.81. The second-order valence-electron chi connectivity index (χ2n) is 6.10. The molecule has 0 aliphatic carbocycles. The molecule has 2 N–H and O–H groups in total. The van der Waals surface area contributed by atoms with Crippen LogP contribution >= 0.6 is 23.2 Å². The van der Waals surface area contributed by atoms with Crippen molar-refractivity contribution in [2.75, 3.05) is 30.3 Å². The lowest BCUT2D eigenvalue weighted by Gasteiger charge is -2.15. The van der Waals surface area contributed by atoms with Gasteiger partial charge in [0.25, 0.3) is 5.91 Å². The molecule has 0 bridgehead atoms. The number of nitrogens with zero attached hydrogens (tertiary/aromatic N) is 1. The lowest BCUT2D eigenvalue weighted by atomic mass is 10.2. The zero-order valence-electron chi connectivity index (χ0n) is 14.1. The molecule has 0 radical (unpaired) electrons. The fraction of sp³-hybridized carbons (Fsp3) is 0.263. The molecular weight excluding hydrogens is 373 g/mol. The molecule has 0 saturated carbocycles. The van der Waals surface area contributed by atoms with Crippen molar-refractivity contribution in [1.82, 2.24) is 4.90 Å². The molecule has 0 aromatic heterocycles. The van der Waals surface area contributed by atoms with E-state index < -0.39 is 0 Å². The van der Waals surface area contributed by atoms with Gasteiger partial charge in [0.05, 0.1) is 17.3 Å². The van der Waals surface area contributed by atoms with Gasteiger partial charge >= 0.3 is 0 Å². The van der Waals surface area contributed by atoms with E-state index in [0.29, 0.717) is 27.0 Å². The van der Waals surface area contributed by atoms with Crippen LogP contribution in [0.1, 0.15) is 23.2 Å². The highest BCUT2D eigenvalue weighted by Gasteiger charge is 2.19. The van der Waals surface area contributed by atoms with Gasteiger partial charge in [0.15, 0.2) is 0 Å². The van der Waals surface area contributed by atoms with E-state index in [1.54, 1.807) is 42.5 Å². The monoisotopic (exact) mass is 391 g/mol. The van der Waals surface area contributed by atoms with Crippen LogP contribution < -0.4 is 10.6 Å². The Hall–Kier alpha value is -2.24. The van der Waals surface area contributed by atoms with E-state index in [0.717, 1.165) is 25.9 Å². The van der Waals surface area contributed by atoms with Crippen molar-refractivity contribution < 1.29 is 9.59 Å². The number of likely N-dealkylation sites (tertiary alicyclic amines) is 1. The Morgan fingerprint density at radius 2 is 1.69 bits per heavy atom. The van der Waals surface area contributed by atoms with Gasteiger partial charge in [-0.15, -0.1) is 0 Å². The van der Waals surface area contributed by atoms with Crippen molar-refractivity contribution in [3.8, 4) is 0 Å². The van der Waals surface area contributed by atoms with E-state index in [1.807, 2.05) is 4.90 Å². The van der Waals surface area contributed by atoms with Gasteiger partial charge in [-0.25, -0.2) is 0 Å². The maximum atomic E-state index is 12.3. The molecule has 1 fully saturated rings. The number of anilines is 2. The van der Waals surface area contributed by atoms with E-state index >= 15 is 0 Å². The zero-order valence-corrected chi connectivity index (χ0v) is 15.6. The molecule has 26 heavy (non-hydrogen) atoms. The molecule has 0 unspecified atom stereocenters. The highest BCUT2D eigenvalue weighted by atomic mass is 35.5. The average molecular weight is 392 g/mol. The lowest BCUT2D eigenvalue weighted by Crippen LogP contribution is -2.27. The molecule has 0 atom stereocenters. The SMILES string of the molecule is O=C(CNc1ccc(Cl)cc1Cl)Nc1ccc(C(=O)N2CCCC2)cc1. The van der Waals surface area contributed by atoms with Crippen LogP contribution in [0.3, 0.4) is 0 Å². The molecule has 2 amide bonds. The first kappa shape index (κ1) is 18.5. The van der Waals surface area contributed by atoms with Gasteiger partial charge < -0.3 is 15.5 Å². The number of carbonyl (C=O) groups is 2. The van der Waals surface area contributed by atoms with E-state index in [1.165, 1.54) is 0 Å². The van der Waals surface area contributed by atoms with Crippen LogP contribution in [-0.4, -0.2) is 36.3 Å². The third-order valence-corrected chi connectivity index (χ3v) is 4.73. The van der Waals surface area contributed by atoms with Crippen LogP contribution in [0.2, 0.25) is 10.0 Å². The second kappa shape index (κ2) is 8.43. The minimum atomic E-state index is -0.213. The van der Waals surface area contributed by atoms with Gasteiger partial charge in [0.1, 0.15) is 0 Å². The van der Waals surface area contributed by atoms with E-state index in [-0.39, 0.29) is 18.4 Å². The summed E-state index contributed by atoms with van der Waals surface area (Å²) < 4.78 is 0. The summed E-state index contributed by atoms with van der Waals surface area (Å²) in [7, 11) is 0. The van der Waals surface area contributed by atoms with Crippen LogP contribution in [0.25, 0.3) is 0 Å². The quantitative estimate of drug-likeness (QED) is 0.799. The number of rotatable bonds is 5. The first-order chi connectivity index (χ1) is 12.5. The van der Waals surface area contributed by atoms with Crippen molar-refractivity contribution in [2.45, 2.75) is 12.8 Å². The van der Waals surface area contributed by atoms with Gasteiger partial charge in [-0.05, 0) is 55.3 Å². The summed E-state index contributed by atoms with van der Waals surface area (Å²) in [4.78, 5) is 26.2. The van der Waals surface area contributed by atoms with Crippen molar-refractivity contribution >= 4 is 46.4 Å². The van der Waals surface area contributed by atoms with Crippen molar-refractivity contribution in [3.63, 3.8) is 0 Å². The molecule has 1 aliphatic heterocycles. The maximum Gasteiger partial charge on any atom is 0.253 e. The summed E-state index contributed by atoms with van der Waals surface area (Å²) in [6.45, 7) is 1.70. The zero-order chi connectivity index (χ0) is 18.5. The Kier molecular flexibility index (Phi) is 6.01. The van der Waals surface area contributed by atoms with Crippen LogP contribution in [0.15, 0.2) is 42.5 Å². The van der Waals surface area contributed by atoms with Gasteiger partial charge in [0.2, 0.25) is 5.91 Å². The van der Waals surface area contributed by atoms with Gasteiger partial charge in [-0.1, -0.05) is 23.2 Å². The van der Waals surface area contributed by atoms with Gasteiger partial charge in [0, 0.05) is 29.4 Å². The molecule has 5 nitrogen and oxygen atoms in total. The summed E-state index contributed by atoms with van der Waals surface area (Å²) in [6.07, 6.45) is 2.12. The summed E-state index contributed by atoms with van der Waals surface area (Å²) in [6, 6.07) is 12.0. The van der Waals surface area contributed by atoms with E-state index in [4.69, 9.17) is 23.2 Å². The molecule has 136 valence electrons. The normalized spacial score (nSPS) is 13.5. The number of carbonyl (C=O) groups excluding carboxylic acids is 2.